The van der Waals surface area contributed by atoms with Crippen molar-refractivity contribution in [1.29, 1.82) is 0 Å². The van der Waals surface area contributed by atoms with Crippen molar-refractivity contribution in [2.45, 2.75) is 12.0 Å². The van der Waals surface area contributed by atoms with Gasteiger partial charge in [-0.3, -0.25) is 0 Å². The topological polar surface area (TPSA) is 96.6 Å². The molecule has 0 amide bonds. The Labute approximate surface area is 80.6 Å². The van der Waals surface area contributed by atoms with Crippen LogP contribution in [0.15, 0.2) is 21.8 Å². The number of aromatic carboxylic acids is 1. The van der Waals surface area contributed by atoms with Gasteiger partial charge in [0, 0.05) is 12.6 Å². The van der Waals surface area contributed by atoms with Crippen LogP contribution in [0.2, 0.25) is 0 Å². The standard InChI is InChI=1S/C7H9NO5S/c1-2-8-14(11,12)6-3-5(4-13-6)7(9)10/h3-4,8H,2H2,1H3,(H,9,10). The van der Waals surface area contributed by atoms with Crippen LogP contribution >= 0.6 is 0 Å². The Morgan fingerprint density at radius 1 is 1.64 bits per heavy atom. The van der Waals surface area contributed by atoms with Crippen molar-refractivity contribution in [3.05, 3.63) is 17.9 Å². The molecule has 0 saturated heterocycles. The van der Waals surface area contributed by atoms with E-state index in [1.165, 1.54) is 0 Å². The molecule has 0 spiro atoms. The van der Waals surface area contributed by atoms with Crippen molar-refractivity contribution in [2.75, 3.05) is 6.54 Å². The molecule has 0 aromatic carbocycles. The predicted octanol–water partition coefficient (Wildman–Crippen LogP) is 0.276. The smallest absolute Gasteiger partial charge is 0.339 e. The summed E-state index contributed by atoms with van der Waals surface area (Å²) in [6.45, 7) is 1.82. The molecular formula is C7H9NO5S. The molecule has 0 bridgehead atoms. The average Bonchev–Trinajstić information content (AvgIpc) is 2.51. The summed E-state index contributed by atoms with van der Waals surface area (Å²) in [6, 6.07) is 0.959. The van der Waals surface area contributed by atoms with E-state index in [0.717, 1.165) is 12.3 Å². The van der Waals surface area contributed by atoms with Gasteiger partial charge < -0.3 is 9.52 Å². The van der Waals surface area contributed by atoms with Crippen molar-refractivity contribution in [1.82, 2.24) is 4.72 Å². The molecule has 2 N–H and O–H groups in total. The monoisotopic (exact) mass is 219 g/mol. The van der Waals surface area contributed by atoms with Crippen molar-refractivity contribution in [3.63, 3.8) is 0 Å². The number of furan rings is 1. The molecular weight excluding hydrogens is 210 g/mol. The first-order chi connectivity index (χ1) is 6.47. The molecule has 0 aliphatic rings. The van der Waals surface area contributed by atoms with E-state index in [9.17, 15) is 13.2 Å². The van der Waals surface area contributed by atoms with E-state index in [4.69, 9.17) is 5.11 Å². The van der Waals surface area contributed by atoms with Crippen LogP contribution in [0.5, 0.6) is 0 Å². The third-order valence-corrected chi connectivity index (χ3v) is 2.83. The molecule has 0 unspecified atom stereocenters. The largest absolute Gasteiger partial charge is 0.478 e. The number of rotatable bonds is 4. The zero-order valence-corrected chi connectivity index (χ0v) is 8.17. The van der Waals surface area contributed by atoms with E-state index < -0.39 is 21.1 Å². The quantitative estimate of drug-likeness (QED) is 0.757. The highest BCUT2D eigenvalue weighted by molar-refractivity contribution is 7.89. The fourth-order valence-corrected chi connectivity index (χ4v) is 1.81. The molecule has 0 fully saturated rings. The Morgan fingerprint density at radius 2 is 2.29 bits per heavy atom. The number of carbonyl (C=O) groups is 1. The lowest BCUT2D eigenvalue weighted by Gasteiger charge is -1.98. The number of carboxylic acids is 1. The molecule has 1 heterocycles. The molecule has 0 aliphatic carbocycles. The molecule has 1 aromatic heterocycles. The third kappa shape index (κ3) is 2.12. The van der Waals surface area contributed by atoms with Crippen LogP contribution in [0.4, 0.5) is 0 Å². The zero-order chi connectivity index (χ0) is 10.8. The van der Waals surface area contributed by atoms with E-state index in [-0.39, 0.29) is 12.1 Å². The molecule has 0 aliphatic heterocycles. The highest BCUT2D eigenvalue weighted by atomic mass is 32.2. The van der Waals surface area contributed by atoms with Gasteiger partial charge >= 0.3 is 5.97 Å². The van der Waals surface area contributed by atoms with Crippen molar-refractivity contribution in [2.24, 2.45) is 0 Å². The van der Waals surface area contributed by atoms with Gasteiger partial charge in [-0.1, -0.05) is 6.92 Å². The molecule has 0 radical (unpaired) electrons. The van der Waals surface area contributed by atoms with Gasteiger partial charge in [-0.15, -0.1) is 0 Å². The summed E-state index contributed by atoms with van der Waals surface area (Å²) in [7, 11) is -3.70. The van der Waals surface area contributed by atoms with Crippen LogP contribution in [0.25, 0.3) is 0 Å². The van der Waals surface area contributed by atoms with E-state index in [2.05, 4.69) is 9.14 Å². The lowest BCUT2D eigenvalue weighted by Crippen LogP contribution is -2.22. The van der Waals surface area contributed by atoms with Gasteiger partial charge in [0.25, 0.3) is 10.0 Å². The Balaban J connectivity index is 3.03. The van der Waals surface area contributed by atoms with Gasteiger partial charge in [-0.25, -0.2) is 17.9 Å². The van der Waals surface area contributed by atoms with Crippen LogP contribution in [0.1, 0.15) is 17.3 Å². The van der Waals surface area contributed by atoms with Crippen molar-refractivity contribution in [3.8, 4) is 0 Å². The molecule has 7 heteroatoms. The van der Waals surface area contributed by atoms with Crippen molar-refractivity contribution < 1.29 is 22.7 Å². The number of nitrogens with one attached hydrogen (secondary N) is 1. The maximum Gasteiger partial charge on any atom is 0.339 e. The minimum atomic E-state index is -3.70. The van der Waals surface area contributed by atoms with Gasteiger partial charge in [0.1, 0.15) is 6.26 Å². The summed E-state index contributed by atoms with van der Waals surface area (Å²) < 4.78 is 29.3. The molecule has 14 heavy (non-hydrogen) atoms. The fourth-order valence-electron chi connectivity index (χ4n) is 0.831. The highest BCUT2D eigenvalue weighted by Gasteiger charge is 2.19. The maximum absolute atomic E-state index is 11.3. The van der Waals surface area contributed by atoms with Crippen molar-refractivity contribution >= 4 is 16.0 Å². The van der Waals surface area contributed by atoms with Crippen LogP contribution in [0.3, 0.4) is 0 Å². The molecule has 0 atom stereocenters. The fraction of sp³-hybridized carbons (Fsp3) is 0.286. The van der Waals surface area contributed by atoms with Gasteiger partial charge in [-0.05, 0) is 0 Å². The summed E-state index contributed by atoms with van der Waals surface area (Å²) in [5.74, 6) is -1.23. The third-order valence-electron chi connectivity index (χ3n) is 1.42. The van der Waals surface area contributed by atoms with Gasteiger partial charge in [0.05, 0.1) is 5.56 Å². The lowest BCUT2D eigenvalue weighted by atomic mass is 10.4. The van der Waals surface area contributed by atoms with Crippen LogP contribution in [-0.2, 0) is 10.0 Å². The number of hydrogen-bond acceptors (Lipinski definition) is 4. The van der Waals surface area contributed by atoms with Crippen LogP contribution in [-0.4, -0.2) is 26.0 Å². The minimum absolute atomic E-state index is 0.193. The molecule has 78 valence electrons. The second kappa shape index (κ2) is 3.81. The summed E-state index contributed by atoms with van der Waals surface area (Å²) >= 11 is 0. The first-order valence-electron chi connectivity index (χ1n) is 3.79. The number of carboxylic acid groups (broad SMARTS) is 1. The van der Waals surface area contributed by atoms with Crippen LogP contribution in [0, 0.1) is 0 Å². The van der Waals surface area contributed by atoms with Gasteiger partial charge in [-0.2, -0.15) is 0 Å². The second-order valence-corrected chi connectivity index (χ2v) is 4.16. The number of sulfonamides is 1. The van der Waals surface area contributed by atoms with E-state index in [1.807, 2.05) is 0 Å². The van der Waals surface area contributed by atoms with Crippen LogP contribution < -0.4 is 4.72 Å². The SMILES string of the molecule is CCNS(=O)(=O)c1cc(C(=O)O)co1. The highest BCUT2D eigenvalue weighted by Crippen LogP contribution is 2.13. The summed E-state index contributed by atoms with van der Waals surface area (Å²) in [4.78, 5) is 10.4. The minimum Gasteiger partial charge on any atom is -0.478 e. The maximum atomic E-state index is 11.3. The molecule has 1 rings (SSSR count). The first-order valence-corrected chi connectivity index (χ1v) is 5.27. The zero-order valence-electron chi connectivity index (χ0n) is 7.35. The lowest BCUT2D eigenvalue weighted by molar-refractivity contribution is 0.0696. The second-order valence-electron chi connectivity index (χ2n) is 2.46. The summed E-state index contributed by atoms with van der Waals surface area (Å²) in [5.41, 5.74) is -0.193. The molecule has 6 nitrogen and oxygen atoms in total. The normalized spacial score (nSPS) is 11.5. The Hall–Kier alpha value is -1.34. The summed E-state index contributed by atoms with van der Waals surface area (Å²) in [6.07, 6.45) is 0.882. The van der Waals surface area contributed by atoms with E-state index >= 15 is 0 Å². The number of hydrogen-bond donors (Lipinski definition) is 2. The Kier molecular flexibility index (Phi) is 2.92. The summed E-state index contributed by atoms with van der Waals surface area (Å²) in [5, 5.41) is 8.13. The average molecular weight is 219 g/mol. The van der Waals surface area contributed by atoms with E-state index in [1.54, 1.807) is 6.92 Å². The predicted molar refractivity (Wildman–Crippen MR) is 46.5 cm³/mol. The Bertz CT molecular complexity index is 433. The van der Waals surface area contributed by atoms with E-state index in [0.29, 0.717) is 0 Å². The molecule has 1 aromatic rings. The first kappa shape index (κ1) is 10.7. The Morgan fingerprint density at radius 3 is 2.71 bits per heavy atom. The van der Waals surface area contributed by atoms with Gasteiger partial charge in [0.2, 0.25) is 5.09 Å². The molecule has 0 saturated carbocycles. The van der Waals surface area contributed by atoms with Gasteiger partial charge in [0.15, 0.2) is 0 Å².